The molecular formula is C13H16N4O2. The Hall–Kier alpha value is -2.08. The molecule has 1 saturated heterocycles. The number of hydrogen-bond donors (Lipinski definition) is 2. The van der Waals surface area contributed by atoms with Crippen molar-refractivity contribution in [1.82, 2.24) is 9.38 Å². The van der Waals surface area contributed by atoms with E-state index in [4.69, 9.17) is 5.73 Å². The first-order chi connectivity index (χ1) is 9.16. The lowest BCUT2D eigenvalue weighted by Crippen LogP contribution is -2.40. The van der Waals surface area contributed by atoms with Gasteiger partial charge in [-0.3, -0.25) is 4.40 Å². The number of hydrogen-bond acceptors (Lipinski definition) is 4. The molecule has 0 bridgehead atoms. The molecule has 3 N–H and O–H groups in total. The topological polar surface area (TPSA) is 83.9 Å². The molecule has 6 nitrogen and oxygen atoms in total. The molecule has 3 rings (SSSR count). The predicted octanol–water partition coefficient (Wildman–Crippen LogP) is 0.960. The van der Waals surface area contributed by atoms with Gasteiger partial charge in [-0.25, -0.2) is 9.78 Å². The van der Waals surface area contributed by atoms with E-state index in [1.807, 2.05) is 17.0 Å². The van der Waals surface area contributed by atoms with Gasteiger partial charge in [-0.1, -0.05) is 6.07 Å². The molecule has 2 aromatic heterocycles. The summed E-state index contributed by atoms with van der Waals surface area (Å²) in [5, 5.41) is 9.42. The zero-order valence-corrected chi connectivity index (χ0v) is 10.5. The first kappa shape index (κ1) is 12.0. The Morgan fingerprint density at radius 1 is 1.37 bits per heavy atom. The Kier molecular flexibility index (Phi) is 2.87. The van der Waals surface area contributed by atoms with Crippen LogP contribution in [0.25, 0.3) is 5.65 Å². The van der Waals surface area contributed by atoms with Gasteiger partial charge in [0.2, 0.25) is 0 Å². The standard InChI is InChI=1S/C13H16N4O2/c14-9-4-7-16(8-5-9)12-11(13(18)19)17-6-2-1-3-10(17)15-12/h1-3,6,9H,4-5,7-8,14H2,(H,18,19). The van der Waals surface area contributed by atoms with Crippen molar-refractivity contribution in [1.29, 1.82) is 0 Å². The third-order valence-corrected chi connectivity index (χ3v) is 3.55. The van der Waals surface area contributed by atoms with Gasteiger partial charge in [-0.2, -0.15) is 0 Å². The smallest absolute Gasteiger partial charge is 0.356 e. The van der Waals surface area contributed by atoms with Crippen molar-refractivity contribution in [2.75, 3.05) is 18.0 Å². The highest BCUT2D eigenvalue weighted by atomic mass is 16.4. The summed E-state index contributed by atoms with van der Waals surface area (Å²) in [7, 11) is 0. The normalized spacial score (nSPS) is 17.0. The average molecular weight is 260 g/mol. The van der Waals surface area contributed by atoms with Crippen LogP contribution >= 0.6 is 0 Å². The second kappa shape index (κ2) is 4.55. The van der Waals surface area contributed by atoms with Gasteiger partial charge in [0.25, 0.3) is 0 Å². The summed E-state index contributed by atoms with van der Waals surface area (Å²) in [6.45, 7) is 1.51. The lowest BCUT2D eigenvalue weighted by Gasteiger charge is -2.30. The Labute approximate surface area is 110 Å². The van der Waals surface area contributed by atoms with E-state index in [-0.39, 0.29) is 11.7 Å². The van der Waals surface area contributed by atoms with Gasteiger partial charge in [0.1, 0.15) is 5.65 Å². The number of anilines is 1. The number of rotatable bonds is 2. The molecule has 0 radical (unpaired) electrons. The summed E-state index contributed by atoms with van der Waals surface area (Å²) in [5.41, 5.74) is 6.76. The lowest BCUT2D eigenvalue weighted by atomic mass is 10.1. The van der Waals surface area contributed by atoms with E-state index in [0.717, 1.165) is 25.9 Å². The maximum absolute atomic E-state index is 11.5. The zero-order chi connectivity index (χ0) is 13.4. The van der Waals surface area contributed by atoms with Crippen LogP contribution < -0.4 is 10.6 Å². The molecule has 1 aliphatic rings. The number of nitrogens with zero attached hydrogens (tertiary/aromatic N) is 3. The molecule has 0 aliphatic carbocycles. The monoisotopic (exact) mass is 260 g/mol. The van der Waals surface area contributed by atoms with Crippen molar-refractivity contribution in [3.8, 4) is 0 Å². The van der Waals surface area contributed by atoms with E-state index >= 15 is 0 Å². The highest BCUT2D eigenvalue weighted by Crippen LogP contribution is 2.24. The minimum atomic E-state index is -0.955. The van der Waals surface area contributed by atoms with Crippen LogP contribution in [0.15, 0.2) is 24.4 Å². The first-order valence-corrected chi connectivity index (χ1v) is 6.37. The van der Waals surface area contributed by atoms with E-state index in [2.05, 4.69) is 4.98 Å². The van der Waals surface area contributed by atoms with Crippen LogP contribution in [-0.2, 0) is 0 Å². The molecule has 100 valence electrons. The summed E-state index contributed by atoms with van der Waals surface area (Å²) in [6, 6.07) is 5.67. The van der Waals surface area contributed by atoms with Gasteiger partial charge in [0.05, 0.1) is 0 Å². The number of aromatic carboxylic acids is 1. The predicted molar refractivity (Wildman–Crippen MR) is 71.6 cm³/mol. The van der Waals surface area contributed by atoms with E-state index in [0.29, 0.717) is 11.5 Å². The van der Waals surface area contributed by atoms with E-state index in [1.54, 1.807) is 16.7 Å². The van der Waals surface area contributed by atoms with Crippen LogP contribution in [0.5, 0.6) is 0 Å². The second-order valence-corrected chi connectivity index (χ2v) is 4.84. The van der Waals surface area contributed by atoms with Crippen molar-refractivity contribution in [2.24, 2.45) is 5.73 Å². The minimum Gasteiger partial charge on any atom is -0.476 e. The number of carbonyl (C=O) groups is 1. The molecule has 1 fully saturated rings. The highest BCUT2D eigenvalue weighted by molar-refractivity contribution is 5.93. The number of carboxylic acid groups (broad SMARTS) is 1. The maximum Gasteiger partial charge on any atom is 0.356 e. The number of fused-ring (bicyclic) bond motifs is 1. The average Bonchev–Trinajstić information content (AvgIpc) is 2.78. The molecule has 0 amide bonds. The molecule has 0 spiro atoms. The molecule has 0 unspecified atom stereocenters. The van der Waals surface area contributed by atoms with Crippen LogP contribution in [0.1, 0.15) is 23.3 Å². The Bertz CT molecular complexity index is 614. The molecule has 1 aliphatic heterocycles. The highest BCUT2D eigenvalue weighted by Gasteiger charge is 2.25. The van der Waals surface area contributed by atoms with E-state index in [1.165, 1.54) is 0 Å². The fourth-order valence-electron chi connectivity index (χ4n) is 2.51. The van der Waals surface area contributed by atoms with Gasteiger partial charge < -0.3 is 15.7 Å². The number of nitrogens with two attached hydrogens (primary N) is 1. The summed E-state index contributed by atoms with van der Waals surface area (Å²) in [4.78, 5) is 18.0. The number of imidazole rings is 1. The lowest BCUT2D eigenvalue weighted by molar-refractivity contribution is 0.0690. The van der Waals surface area contributed by atoms with Crippen molar-refractivity contribution in [3.05, 3.63) is 30.1 Å². The Balaban J connectivity index is 2.07. The third-order valence-electron chi connectivity index (χ3n) is 3.55. The molecular weight excluding hydrogens is 244 g/mol. The van der Waals surface area contributed by atoms with Crippen LogP contribution in [0.4, 0.5) is 5.82 Å². The third kappa shape index (κ3) is 2.04. The van der Waals surface area contributed by atoms with Crippen molar-refractivity contribution >= 4 is 17.4 Å². The summed E-state index contributed by atoms with van der Waals surface area (Å²) in [6.07, 6.45) is 3.46. The molecule has 0 atom stereocenters. The summed E-state index contributed by atoms with van der Waals surface area (Å²) in [5.74, 6) is -0.408. The van der Waals surface area contributed by atoms with Crippen LogP contribution in [0.2, 0.25) is 0 Å². The van der Waals surface area contributed by atoms with Crippen LogP contribution in [0.3, 0.4) is 0 Å². The largest absolute Gasteiger partial charge is 0.476 e. The Morgan fingerprint density at radius 3 is 2.79 bits per heavy atom. The fraction of sp³-hybridized carbons (Fsp3) is 0.385. The second-order valence-electron chi connectivity index (χ2n) is 4.84. The Morgan fingerprint density at radius 2 is 2.11 bits per heavy atom. The maximum atomic E-state index is 11.5. The fourth-order valence-corrected chi connectivity index (χ4v) is 2.51. The van der Waals surface area contributed by atoms with Gasteiger partial charge in [-0.05, 0) is 25.0 Å². The number of piperidine rings is 1. The van der Waals surface area contributed by atoms with Gasteiger partial charge in [-0.15, -0.1) is 0 Å². The van der Waals surface area contributed by atoms with Crippen molar-refractivity contribution < 1.29 is 9.90 Å². The number of pyridine rings is 1. The molecule has 3 heterocycles. The minimum absolute atomic E-state index is 0.210. The first-order valence-electron chi connectivity index (χ1n) is 6.37. The van der Waals surface area contributed by atoms with Gasteiger partial charge >= 0.3 is 5.97 Å². The summed E-state index contributed by atoms with van der Waals surface area (Å²) < 4.78 is 1.62. The van der Waals surface area contributed by atoms with Crippen molar-refractivity contribution in [3.63, 3.8) is 0 Å². The van der Waals surface area contributed by atoms with Gasteiger partial charge in [0, 0.05) is 25.3 Å². The van der Waals surface area contributed by atoms with Gasteiger partial charge in [0.15, 0.2) is 11.5 Å². The van der Waals surface area contributed by atoms with E-state index < -0.39 is 5.97 Å². The molecule has 0 saturated carbocycles. The molecule has 2 aromatic rings. The van der Waals surface area contributed by atoms with Crippen molar-refractivity contribution in [2.45, 2.75) is 18.9 Å². The molecule has 0 aromatic carbocycles. The zero-order valence-electron chi connectivity index (χ0n) is 10.5. The number of carboxylic acids is 1. The quantitative estimate of drug-likeness (QED) is 0.840. The molecule has 6 heteroatoms. The SMILES string of the molecule is NC1CCN(c2nc3ccccn3c2C(=O)O)CC1. The summed E-state index contributed by atoms with van der Waals surface area (Å²) >= 11 is 0. The number of aromatic nitrogens is 2. The van der Waals surface area contributed by atoms with Crippen LogP contribution in [0, 0.1) is 0 Å². The van der Waals surface area contributed by atoms with E-state index in [9.17, 15) is 9.90 Å². The van der Waals surface area contributed by atoms with Crippen LogP contribution in [-0.4, -0.2) is 39.6 Å². The molecule has 19 heavy (non-hydrogen) atoms.